The van der Waals surface area contributed by atoms with Gasteiger partial charge in [0, 0.05) is 22.5 Å². The third kappa shape index (κ3) is 4.66. The second kappa shape index (κ2) is 9.54. The first-order valence-corrected chi connectivity index (χ1v) is 11.8. The van der Waals surface area contributed by atoms with E-state index in [-0.39, 0.29) is 10.9 Å². The molecule has 1 unspecified atom stereocenters. The molecule has 1 aliphatic heterocycles. The number of ether oxygens (including phenoxy) is 2. The van der Waals surface area contributed by atoms with E-state index in [1.54, 1.807) is 26.4 Å². The predicted octanol–water partition coefficient (Wildman–Crippen LogP) is 4.85. The minimum absolute atomic E-state index is 0.00125. The van der Waals surface area contributed by atoms with Crippen molar-refractivity contribution >= 4 is 10.0 Å². The van der Waals surface area contributed by atoms with Gasteiger partial charge in [0.05, 0.1) is 25.2 Å². The molecule has 9 heteroatoms. The van der Waals surface area contributed by atoms with Crippen molar-refractivity contribution in [1.82, 2.24) is 4.90 Å². The fourth-order valence-corrected chi connectivity index (χ4v) is 4.96. The molecule has 3 aromatic rings. The van der Waals surface area contributed by atoms with Crippen molar-refractivity contribution in [2.24, 2.45) is 4.52 Å². The highest BCUT2D eigenvalue weighted by molar-refractivity contribution is 7.90. The molecule has 0 N–H and O–H groups in total. The number of nitrogens with zero attached hydrogens (tertiary/aromatic N) is 4. The normalized spacial score (nSPS) is 15.9. The van der Waals surface area contributed by atoms with Gasteiger partial charge in [0.1, 0.15) is 0 Å². The number of azide groups is 1. The highest BCUT2D eigenvalue weighted by Crippen LogP contribution is 2.41. The van der Waals surface area contributed by atoms with Crippen molar-refractivity contribution in [3.05, 3.63) is 99.4 Å². The summed E-state index contributed by atoms with van der Waals surface area (Å²) in [7, 11) is -0.727. The lowest BCUT2D eigenvalue weighted by atomic mass is 9.87. The molecule has 1 atom stereocenters. The van der Waals surface area contributed by atoms with Gasteiger partial charge in [0.25, 0.3) is 10.0 Å². The zero-order valence-electron chi connectivity index (χ0n) is 18.4. The summed E-state index contributed by atoms with van der Waals surface area (Å²) in [6, 6.07) is 20.8. The van der Waals surface area contributed by atoms with Crippen LogP contribution in [0.25, 0.3) is 10.4 Å². The summed E-state index contributed by atoms with van der Waals surface area (Å²) in [6.45, 7) is 1.44. The van der Waals surface area contributed by atoms with Gasteiger partial charge in [0.2, 0.25) is 0 Å². The summed E-state index contributed by atoms with van der Waals surface area (Å²) in [5.41, 5.74) is 13.0. The molecule has 0 fully saturated rings. The van der Waals surface area contributed by atoms with Crippen LogP contribution in [-0.2, 0) is 23.0 Å². The summed E-state index contributed by atoms with van der Waals surface area (Å²) < 4.78 is 37.9. The first kappa shape index (κ1) is 22.7. The van der Waals surface area contributed by atoms with Crippen LogP contribution in [0.4, 0.5) is 0 Å². The van der Waals surface area contributed by atoms with E-state index in [9.17, 15) is 8.42 Å². The highest BCUT2D eigenvalue weighted by Gasteiger charge is 2.30. The van der Waals surface area contributed by atoms with Gasteiger partial charge in [-0.3, -0.25) is 4.90 Å². The Hall–Kier alpha value is -3.52. The van der Waals surface area contributed by atoms with Crippen LogP contribution in [0.5, 0.6) is 11.5 Å². The van der Waals surface area contributed by atoms with E-state index in [1.807, 2.05) is 24.3 Å². The third-order valence-electron chi connectivity index (χ3n) is 5.84. The zero-order chi connectivity index (χ0) is 23.4. The fraction of sp³-hybridized carbons (Fsp3) is 0.250. The quantitative estimate of drug-likeness (QED) is 0.282. The van der Waals surface area contributed by atoms with Crippen LogP contribution in [0.15, 0.2) is 76.1 Å². The van der Waals surface area contributed by atoms with Gasteiger partial charge in [0.15, 0.2) is 11.5 Å². The molecule has 1 aliphatic rings. The summed E-state index contributed by atoms with van der Waals surface area (Å²) in [4.78, 5) is 4.74. The maximum Gasteiger partial charge on any atom is 0.264 e. The summed E-state index contributed by atoms with van der Waals surface area (Å²) in [6.07, 6.45) is 0.850. The van der Waals surface area contributed by atoms with Crippen molar-refractivity contribution in [2.45, 2.75) is 23.9 Å². The van der Waals surface area contributed by atoms with Crippen LogP contribution in [0, 0.1) is 0 Å². The first-order valence-electron chi connectivity index (χ1n) is 10.4. The lowest BCUT2D eigenvalue weighted by Gasteiger charge is -2.38. The lowest BCUT2D eigenvalue weighted by Crippen LogP contribution is -2.35. The maximum atomic E-state index is 12.0. The first-order chi connectivity index (χ1) is 16.0. The SMILES string of the molecule is COc1cc2c(cc1OC)C(c1ccccc1)N(Cc1ccc(S(=O)(=O)N=[N+]=[N-])cc1)CC2. The molecule has 0 saturated carbocycles. The molecular weight excluding hydrogens is 440 g/mol. The van der Waals surface area contributed by atoms with Crippen LogP contribution in [0.1, 0.15) is 28.3 Å². The van der Waals surface area contributed by atoms with Gasteiger partial charge in [-0.15, -0.1) is 0 Å². The molecule has 0 aromatic heterocycles. The smallest absolute Gasteiger partial charge is 0.264 e. The molecule has 0 bridgehead atoms. The lowest BCUT2D eigenvalue weighted by molar-refractivity contribution is 0.203. The Bertz CT molecular complexity index is 1290. The Kier molecular flexibility index (Phi) is 6.55. The average molecular weight is 465 g/mol. The Morgan fingerprint density at radius 1 is 1.03 bits per heavy atom. The average Bonchev–Trinajstić information content (AvgIpc) is 2.84. The van der Waals surface area contributed by atoms with E-state index >= 15 is 0 Å². The summed E-state index contributed by atoms with van der Waals surface area (Å²) >= 11 is 0. The topological polar surface area (TPSA) is 105 Å². The minimum Gasteiger partial charge on any atom is -0.493 e. The molecule has 0 radical (unpaired) electrons. The molecule has 33 heavy (non-hydrogen) atoms. The van der Waals surface area contributed by atoms with Crippen molar-refractivity contribution in [1.29, 1.82) is 0 Å². The number of rotatable bonds is 7. The molecule has 170 valence electrons. The molecule has 4 rings (SSSR count). The number of methoxy groups -OCH3 is 2. The van der Waals surface area contributed by atoms with Gasteiger partial charge in [-0.1, -0.05) is 42.5 Å². The number of benzene rings is 3. The molecule has 8 nitrogen and oxygen atoms in total. The number of hydrogen-bond donors (Lipinski definition) is 0. The Labute approximate surface area is 193 Å². The molecule has 1 heterocycles. The van der Waals surface area contributed by atoms with Crippen LogP contribution >= 0.6 is 0 Å². The van der Waals surface area contributed by atoms with Crippen molar-refractivity contribution in [2.75, 3.05) is 20.8 Å². The van der Waals surface area contributed by atoms with Crippen molar-refractivity contribution in [3.8, 4) is 11.5 Å². The summed E-state index contributed by atoms with van der Waals surface area (Å²) in [5, 5.41) is 0. The molecule has 0 saturated heterocycles. The van der Waals surface area contributed by atoms with E-state index in [0.29, 0.717) is 18.0 Å². The number of hydrogen-bond acceptors (Lipinski definition) is 5. The molecule has 0 amide bonds. The standard InChI is InChI=1S/C24H24N4O4S/c1-31-22-14-19-12-13-28(16-17-8-10-20(11-9-17)33(29,30)27-26-25)24(18-6-4-3-5-7-18)21(19)15-23(22)32-2/h3-11,14-15,24H,12-13,16H2,1-2H3. The van der Waals surface area contributed by atoms with E-state index < -0.39 is 10.0 Å². The zero-order valence-corrected chi connectivity index (χ0v) is 19.2. The number of sulfonamides is 1. The van der Waals surface area contributed by atoms with Crippen LogP contribution in [0.3, 0.4) is 0 Å². The molecule has 0 spiro atoms. The van der Waals surface area contributed by atoms with Crippen LogP contribution < -0.4 is 9.47 Å². The molecule has 3 aromatic carbocycles. The van der Waals surface area contributed by atoms with Gasteiger partial charge >= 0.3 is 0 Å². The van der Waals surface area contributed by atoms with E-state index in [2.05, 4.69) is 32.5 Å². The monoisotopic (exact) mass is 464 g/mol. The van der Waals surface area contributed by atoms with E-state index in [0.717, 1.165) is 29.7 Å². The Balaban J connectivity index is 1.71. The van der Waals surface area contributed by atoms with Gasteiger partial charge in [-0.25, -0.2) is 8.42 Å². The van der Waals surface area contributed by atoms with E-state index in [4.69, 9.17) is 15.0 Å². The summed E-state index contributed by atoms with van der Waals surface area (Å²) in [5.74, 6) is 1.40. The van der Waals surface area contributed by atoms with Gasteiger partial charge in [-0.2, -0.15) is 0 Å². The van der Waals surface area contributed by atoms with Gasteiger partial charge in [-0.05, 0) is 58.5 Å². The van der Waals surface area contributed by atoms with Crippen LogP contribution in [0.2, 0.25) is 0 Å². The number of fused-ring (bicyclic) bond motifs is 1. The van der Waals surface area contributed by atoms with Gasteiger partial charge < -0.3 is 9.47 Å². The van der Waals surface area contributed by atoms with Crippen molar-refractivity contribution in [3.63, 3.8) is 0 Å². The molecular formula is C24H24N4O4S. The highest BCUT2D eigenvalue weighted by atomic mass is 32.2. The largest absolute Gasteiger partial charge is 0.493 e. The Morgan fingerprint density at radius 3 is 2.33 bits per heavy atom. The van der Waals surface area contributed by atoms with E-state index in [1.165, 1.54) is 17.7 Å². The second-order valence-corrected chi connectivity index (χ2v) is 9.31. The maximum absolute atomic E-state index is 12.0. The van der Waals surface area contributed by atoms with Crippen molar-refractivity contribution < 1.29 is 17.9 Å². The fourth-order valence-electron chi connectivity index (χ4n) is 4.29. The van der Waals surface area contributed by atoms with Crippen LogP contribution in [-0.4, -0.2) is 34.1 Å². The molecule has 0 aliphatic carbocycles. The second-order valence-electron chi connectivity index (χ2n) is 7.73. The Morgan fingerprint density at radius 2 is 1.70 bits per heavy atom. The minimum atomic E-state index is -4.00. The third-order valence-corrected chi connectivity index (χ3v) is 7.00. The predicted molar refractivity (Wildman–Crippen MR) is 125 cm³/mol.